The van der Waals surface area contributed by atoms with Crippen LogP contribution in [0.3, 0.4) is 0 Å². The van der Waals surface area contributed by atoms with E-state index in [4.69, 9.17) is 4.74 Å². The van der Waals surface area contributed by atoms with Crippen LogP contribution in [0.1, 0.15) is 98.3 Å². The lowest BCUT2D eigenvalue weighted by molar-refractivity contribution is -0.144. The van der Waals surface area contributed by atoms with Crippen LogP contribution in [0.2, 0.25) is 0 Å². The minimum Gasteiger partial charge on any atom is -0.466 e. The highest BCUT2D eigenvalue weighted by Gasteiger charge is 2.13. The van der Waals surface area contributed by atoms with Crippen LogP contribution in [-0.2, 0) is 9.53 Å². The third-order valence-electron chi connectivity index (χ3n) is 3.95. The molecule has 0 heterocycles. The van der Waals surface area contributed by atoms with E-state index in [2.05, 4.69) is 52.0 Å². The van der Waals surface area contributed by atoms with Gasteiger partial charge >= 0.3 is 5.97 Å². The fourth-order valence-electron chi connectivity index (χ4n) is 2.36. The van der Waals surface area contributed by atoms with Gasteiger partial charge in [0.15, 0.2) is 0 Å². The summed E-state index contributed by atoms with van der Waals surface area (Å²) >= 11 is 0. The minimum absolute atomic E-state index is 0.0366. The average molecular weight is 337 g/mol. The van der Waals surface area contributed by atoms with E-state index in [-0.39, 0.29) is 11.4 Å². The summed E-state index contributed by atoms with van der Waals surface area (Å²) in [5.41, 5.74) is 0.209. The van der Waals surface area contributed by atoms with Gasteiger partial charge in [0.2, 0.25) is 0 Å². The molecule has 2 heteroatoms. The average Bonchev–Trinajstić information content (AvgIpc) is 2.52. The Kier molecular flexibility index (Phi) is 14.8. The highest BCUT2D eigenvalue weighted by Crippen LogP contribution is 2.20. The van der Waals surface area contributed by atoms with Crippen LogP contribution in [-0.4, -0.2) is 12.6 Å². The number of allylic oxidation sites excluding steroid dienone is 4. The largest absolute Gasteiger partial charge is 0.466 e. The fourth-order valence-corrected chi connectivity index (χ4v) is 2.36. The summed E-state index contributed by atoms with van der Waals surface area (Å²) in [5, 5.41) is 0. The van der Waals surface area contributed by atoms with E-state index in [0.717, 1.165) is 25.7 Å². The van der Waals surface area contributed by atoms with Crippen LogP contribution in [0, 0.1) is 5.41 Å². The molecule has 24 heavy (non-hydrogen) atoms. The van der Waals surface area contributed by atoms with Gasteiger partial charge in [0.1, 0.15) is 0 Å². The number of rotatable bonds is 14. The summed E-state index contributed by atoms with van der Waals surface area (Å²) in [7, 11) is 0. The van der Waals surface area contributed by atoms with E-state index in [9.17, 15) is 4.79 Å². The van der Waals surface area contributed by atoms with Crippen LogP contribution in [0.15, 0.2) is 24.3 Å². The summed E-state index contributed by atoms with van der Waals surface area (Å²) in [5.74, 6) is -0.0366. The molecule has 0 aromatic rings. The van der Waals surface area contributed by atoms with Crippen LogP contribution in [0.4, 0.5) is 0 Å². The van der Waals surface area contributed by atoms with Crippen molar-refractivity contribution in [1.29, 1.82) is 0 Å². The van der Waals surface area contributed by atoms with Gasteiger partial charge in [0.25, 0.3) is 0 Å². The zero-order chi connectivity index (χ0) is 18.1. The maximum absolute atomic E-state index is 11.6. The molecule has 0 aliphatic heterocycles. The molecule has 0 rings (SSSR count). The topological polar surface area (TPSA) is 26.3 Å². The first-order valence-corrected chi connectivity index (χ1v) is 9.91. The molecule has 0 saturated heterocycles. The van der Waals surface area contributed by atoms with Gasteiger partial charge in [-0.1, -0.05) is 77.7 Å². The van der Waals surface area contributed by atoms with Gasteiger partial charge < -0.3 is 4.74 Å². The predicted octanol–water partition coefficient (Wildman–Crippen LogP) is 7.00. The highest BCUT2D eigenvalue weighted by molar-refractivity contribution is 5.69. The second-order valence-corrected chi connectivity index (χ2v) is 7.78. The third kappa shape index (κ3) is 19.0. The molecule has 0 radical (unpaired) electrons. The second kappa shape index (κ2) is 15.5. The molecule has 0 saturated carbocycles. The molecule has 0 aliphatic rings. The second-order valence-electron chi connectivity index (χ2n) is 7.78. The van der Waals surface area contributed by atoms with Gasteiger partial charge in [-0.15, -0.1) is 0 Å². The Bertz CT molecular complexity index is 347. The lowest BCUT2D eigenvalue weighted by Gasteiger charge is -2.16. The minimum atomic E-state index is -0.0366. The standard InChI is InChI=1S/C22H40O2/c1-5-6-7-8-9-10-11-12-13-14-15-16-17-20-24-21(23)18-19-22(2,3)4/h6-7,9-10H,5,8,11-20H2,1-4H3/b7-6-,10-9-. The Balaban J connectivity index is 3.28. The summed E-state index contributed by atoms with van der Waals surface area (Å²) in [6, 6.07) is 0. The Morgan fingerprint density at radius 1 is 0.875 bits per heavy atom. The SMILES string of the molecule is CC/C=C\C/C=C\CCCCCCCCOC(=O)CCC(C)(C)C. The van der Waals surface area contributed by atoms with E-state index in [0.29, 0.717) is 13.0 Å². The Morgan fingerprint density at radius 3 is 2.17 bits per heavy atom. The van der Waals surface area contributed by atoms with E-state index < -0.39 is 0 Å². The van der Waals surface area contributed by atoms with Gasteiger partial charge in [0.05, 0.1) is 6.61 Å². The zero-order valence-corrected chi connectivity index (χ0v) is 16.6. The summed E-state index contributed by atoms with van der Waals surface area (Å²) in [4.78, 5) is 11.6. The fraction of sp³-hybridized carbons (Fsp3) is 0.773. The van der Waals surface area contributed by atoms with Crippen molar-refractivity contribution in [2.75, 3.05) is 6.61 Å². The molecule has 0 N–H and O–H groups in total. The Morgan fingerprint density at radius 2 is 1.50 bits per heavy atom. The van der Waals surface area contributed by atoms with E-state index in [1.165, 1.54) is 38.5 Å². The number of hydrogen-bond acceptors (Lipinski definition) is 2. The van der Waals surface area contributed by atoms with Crippen molar-refractivity contribution in [3.05, 3.63) is 24.3 Å². The van der Waals surface area contributed by atoms with Crippen molar-refractivity contribution in [3.63, 3.8) is 0 Å². The van der Waals surface area contributed by atoms with Crippen LogP contribution < -0.4 is 0 Å². The van der Waals surface area contributed by atoms with E-state index in [1.54, 1.807) is 0 Å². The van der Waals surface area contributed by atoms with E-state index >= 15 is 0 Å². The van der Waals surface area contributed by atoms with Crippen molar-refractivity contribution in [3.8, 4) is 0 Å². The normalized spacial score (nSPS) is 12.3. The van der Waals surface area contributed by atoms with E-state index in [1.807, 2.05) is 0 Å². The number of ether oxygens (including phenoxy) is 1. The molecule has 140 valence electrons. The highest BCUT2D eigenvalue weighted by atomic mass is 16.5. The molecule has 2 nitrogen and oxygen atoms in total. The van der Waals surface area contributed by atoms with Gasteiger partial charge in [-0.25, -0.2) is 0 Å². The van der Waals surface area contributed by atoms with Crippen molar-refractivity contribution in [2.45, 2.75) is 98.3 Å². The zero-order valence-electron chi connectivity index (χ0n) is 16.6. The first kappa shape index (κ1) is 22.9. The summed E-state index contributed by atoms with van der Waals surface area (Å²) in [6.07, 6.45) is 21.2. The number of hydrogen-bond donors (Lipinski definition) is 0. The van der Waals surface area contributed by atoms with Gasteiger partial charge in [-0.2, -0.15) is 0 Å². The monoisotopic (exact) mass is 336 g/mol. The molecule has 0 fully saturated rings. The molecule has 0 atom stereocenters. The molecule has 0 amide bonds. The Hall–Kier alpha value is -1.05. The maximum Gasteiger partial charge on any atom is 0.305 e. The van der Waals surface area contributed by atoms with Crippen molar-refractivity contribution in [2.24, 2.45) is 5.41 Å². The molecular weight excluding hydrogens is 296 g/mol. The molecular formula is C22H40O2. The first-order chi connectivity index (χ1) is 11.5. The first-order valence-electron chi connectivity index (χ1n) is 9.91. The summed E-state index contributed by atoms with van der Waals surface area (Å²) < 4.78 is 5.28. The number of carbonyl (C=O) groups is 1. The molecule has 0 unspecified atom stereocenters. The van der Waals surface area contributed by atoms with Crippen molar-refractivity contribution in [1.82, 2.24) is 0 Å². The van der Waals surface area contributed by atoms with Crippen molar-refractivity contribution >= 4 is 5.97 Å². The van der Waals surface area contributed by atoms with Crippen molar-refractivity contribution < 1.29 is 9.53 Å². The van der Waals surface area contributed by atoms with Gasteiger partial charge in [0, 0.05) is 6.42 Å². The summed E-state index contributed by atoms with van der Waals surface area (Å²) in [6.45, 7) is 9.22. The molecule has 0 spiro atoms. The van der Waals surface area contributed by atoms with Crippen LogP contribution in [0.5, 0.6) is 0 Å². The maximum atomic E-state index is 11.6. The number of unbranched alkanes of at least 4 members (excludes halogenated alkanes) is 6. The van der Waals surface area contributed by atoms with Gasteiger partial charge in [-0.3, -0.25) is 4.79 Å². The molecule has 0 aromatic carbocycles. The predicted molar refractivity (Wildman–Crippen MR) is 105 cm³/mol. The smallest absolute Gasteiger partial charge is 0.305 e. The van der Waals surface area contributed by atoms with Crippen LogP contribution >= 0.6 is 0 Å². The van der Waals surface area contributed by atoms with Gasteiger partial charge in [-0.05, 0) is 43.9 Å². The lowest BCUT2D eigenvalue weighted by atomic mass is 9.91. The Labute approximate surface area is 150 Å². The number of carbonyl (C=O) groups excluding carboxylic acids is 1. The third-order valence-corrected chi connectivity index (χ3v) is 3.95. The van der Waals surface area contributed by atoms with Crippen LogP contribution in [0.25, 0.3) is 0 Å². The molecule has 0 aliphatic carbocycles. The molecule has 0 aromatic heterocycles. The lowest BCUT2D eigenvalue weighted by Crippen LogP contribution is -2.11. The number of esters is 1. The quantitative estimate of drug-likeness (QED) is 0.194. The molecule has 0 bridgehead atoms.